The van der Waals surface area contributed by atoms with Crippen LogP contribution in [-0.2, 0) is 5.75 Å². The third-order valence-electron chi connectivity index (χ3n) is 5.04. The molecule has 6 nitrogen and oxygen atoms in total. The minimum absolute atomic E-state index is 0.0627. The first kappa shape index (κ1) is 17.9. The van der Waals surface area contributed by atoms with E-state index in [4.69, 9.17) is 11.6 Å². The van der Waals surface area contributed by atoms with Crippen molar-refractivity contribution < 1.29 is 4.39 Å². The van der Waals surface area contributed by atoms with Gasteiger partial charge in [0, 0.05) is 28.3 Å². The molecular formula is C19H16ClFN4O2S. The molecule has 0 atom stereocenters. The zero-order chi connectivity index (χ0) is 19.4. The first-order valence-corrected chi connectivity index (χ1v) is 10.5. The number of nitrogens with zero attached hydrogens (tertiary/aromatic N) is 3. The second-order valence-corrected chi connectivity index (χ2v) is 8.58. The first-order chi connectivity index (χ1) is 13.5. The maximum Gasteiger partial charge on any atom is 0.330 e. The topological polar surface area (TPSA) is 80.6 Å². The van der Waals surface area contributed by atoms with E-state index in [1.54, 1.807) is 16.7 Å². The van der Waals surface area contributed by atoms with Crippen molar-refractivity contribution in [3.8, 4) is 0 Å². The summed E-state index contributed by atoms with van der Waals surface area (Å²) in [5.41, 5.74) is -0.203. The number of aromatic amines is 1. The van der Waals surface area contributed by atoms with Crippen LogP contribution in [0.1, 0.15) is 49.0 Å². The van der Waals surface area contributed by atoms with E-state index in [0.29, 0.717) is 27.1 Å². The van der Waals surface area contributed by atoms with E-state index in [9.17, 15) is 14.0 Å². The molecule has 28 heavy (non-hydrogen) atoms. The Morgan fingerprint density at radius 1 is 1.21 bits per heavy atom. The summed E-state index contributed by atoms with van der Waals surface area (Å²) in [5, 5.41) is 1.08. The fourth-order valence-electron chi connectivity index (χ4n) is 3.24. The zero-order valence-electron chi connectivity index (χ0n) is 14.7. The number of hydrogen-bond acceptors (Lipinski definition) is 5. The summed E-state index contributed by atoms with van der Waals surface area (Å²) >= 11 is 7.37. The van der Waals surface area contributed by atoms with E-state index in [-0.39, 0.29) is 23.1 Å². The lowest BCUT2D eigenvalue weighted by atomic mass is 10.2. The van der Waals surface area contributed by atoms with Crippen molar-refractivity contribution in [3.63, 3.8) is 0 Å². The van der Waals surface area contributed by atoms with Crippen LogP contribution in [0.15, 0.2) is 32.8 Å². The van der Waals surface area contributed by atoms with Gasteiger partial charge in [-0.15, -0.1) is 11.8 Å². The summed E-state index contributed by atoms with van der Waals surface area (Å²) in [6, 6.07) is 4.60. The van der Waals surface area contributed by atoms with Crippen LogP contribution in [0.25, 0.3) is 11.0 Å². The second kappa shape index (κ2) is 6.70. The third-order valence-corrected chi connectivity index (χ3v) is 6.39. The van der Waals surface area contributed by atoms with Gasteiger partial charge in [0.2, 0.25) is 0 Å². The van der Waals surface area contributed by atoms with Crippen LogP contribution in [0.3, 0.4) is 0 Å². The van der Waals surface area contributed by atoms with E-state index >= 15 is 0 Å². The van der Waals surface area contributed by atoms with Gasteiger partial charge in [0.05, 0.1) is 0 Å². The third kappa shape index (κ3) is 3.14. The van der Waals surface area contributed by atoms with Crippen molar-refractivity contribution in [2.45, 2.75) is 48.4 Å². The summed E-state index contributed by atoms with van der Waals surface area (Å²) in [6.07, 6.45) is 3.76. The lowest BCUT2D eigenvalue weighted by Crippen LogP contribution is -2.31. The summed E-state index contributed by atoms with van der Waals surface area (Å²) < 4.78 is 15.7. The van der Waals surface area contributed by atoms with Crippen LogP contribution in [0.2, 0.25) is 5.02 Å². The van der Waals surface area contributed by atoms with Crippen molar-refractivity contribution in [2.24, 2.45) is 0 Å². The van der Waals surface area contributed by atoms with Gasteiger partial charge < -0.3 is 0 Å². The largest absolute Gasteiger partial charge is 0.330 e. The number of rotatable bonds is 5. The Balaban J connectivity index is 1.66. The maximum absolute atomic E-state index is 14.2. The number of aromatic nitrogens is 4. The molecule has 0 aliphatic heterocycles. The molecule has 5 rings (SSSR count). The average Bonchev–Trinajstić information content (AvgIpc) is 3.53. The lowest BCUT2D eigenvalue weighted by Gasteiger charge is -2.12. The second-order valence-electron chi connectivity index (χ2n) is 7.21. The Morgan fingerprint density at radius 3 is 2.68 bits per heavy atom. The van der Waals surface area contributed by atoms with E-state index in [2.05, 4.69) is 15.0 Å². The number of benzene rings is 1. The fourth-order valence-corrected chi connectivity index (χ4v) is 4.61. The molecule has 2 saturated carbocycles. The highest BCUT2D eigenvalue weighted by molar-refractivity contribution is 7.98. The summed E-state index contributed by atoms with van der Waals surface area (Å²) in [4.78, 5) is 36.6. The number of nitrogens with one attached hydrogen (secondary N) is 1. The van der Waals surface area contributed by atoms with Gasteiger partial charge in [0.25, 0.3) is 5.56 Å². The normalized spacial score (nSPS) is 16.6. The summed E-state index contributed by atoms with van der Waals surface area (Å²) in [7, 11) is 0. The van der Waals surface area contributed by atoms with Crippen molar-refractivity contribution in [1.82, 2.24) is 19.5 Å². The van der Waals surface area contributed by atoms with Crippen LogP contribution in [0.4, 0.5) is 4.39 Å². The molecule has 144 valence electrons. The number of thioether (sulfide) groups is 1. The molecule has 2 fully saturated rings. The fraction of sp³-hybridized carbons (Fsp3) is 0.368. The molecule has 0 spiro atoms. The minimum atomic E-state index is -0.513. The number of fused-ring (bicyclic) bond motifs is 1. The van der Waals surface area contributed by atoms with Crippen LogP contribution in [0.5, 0.6) is 0 Å². The van der Waals surface area contributed by atoms with E-state index in [1.165, 1.54) is 17.8 Å². The van der Waals surface area contributed by atoms with Gasteiger partial charge in [-0.25, -0.2) is 19.2 Å². The van der Waals surface area contributed by atoms with Crippen molar-refractivity contribution in [1.29, 1.82) is 0 Å². The number of H-pyrrole nitrogens is 1. The van der Waals surface area contributed by atoms with Crippen LogP contribution in [-0.4, -0.2) is 19.5 Å². The minimum Gasteiger partial charge on any atom is -0.274 e. The van der Waals surface area contributed by atoms with Gasteiger partial charge in [-0.2, -0.15) is 0 Å². The van der Waals surface area contributed by atoms with Gasteiger partial charge in [0.15, 0.2) is 5.65 Å². The molecule has 0 unspecified atom stereocenters. The Bertz CT molecular complexity index is 1200. The number of halogens is 2. The molecule has 0 radical (unpaired) electrons. The molecule has 2 aliphatic carbocycles. The van der Waals surface area contributed by atoms with Crippen molar-refractivity contribution in [3.05, 3.63) is 61.3 Å². The predicted molar refractivity (Wildman–Crippen MR) is 106 cm³/mol. The Kier molecular flexibility index (Phi) is 4.28. The molecule has 3 aromatic rings. The molecule has 0 amide bonds. The van der Waals surface area contributed by atoms with Gasteiger partial charge in [-0.3, -0.25) is 14.3 Å². The molecule has 2 aromatic heterocycles. The van der Waals surface area contributed by atoms with Gasteiger partial charge in [-0.05, 0) is 37.8 Å². The van der Waals surface area contributed by atoms with Crippen molar-refractivity contribution in [2.75, 3.05) is 0 Å². The monoisotopic (exact) mass is 418 g/mol. The highest BCUT2D eigenvalue weighted by Gasteiger charge is 2.32. The molecule has 2 heterocycles. The maximum atomic E-state index is 14.2. The van der Waals surface area contributed by atoms with Crippen LogP contribution >= 0.6 is 23.4 Å². The molecule has 2 aliphatic rings. The molecule has 1 aromatic carbocycles. The quantitative estimate of drug-likeness (QED) is 0.503. The Hall–Kier alpha value is -2.19. The van der Waals surface area contributed by atoms with E-state index in [1.807, 2.05) is 0 Å². The highest BCUT2D eigenvalue weighted by atomic mass is 35.5. The van der Waals surface area contributed by atoms with Gasteiger partial charge in [-0.1, -0.05) is 17.7 Å². The van der Waals surface area contributed by atoms with Crippen molar-refractivity contribution >= 4 is 34.4 Å². The summed E-state index contributed by atoms with van der Waals surface area (Å²) in [5.74, 6) is 0.727. The zero-order valence-corrected chi connectivity index (χ0v) is 16.3. The van der Waals surface area contributed by atoms with E-state index < -0.39 is 17.1 Å². The molecule has 0 saturated heterocycles. The Morgan fingerprint density at radius 2 is 2.00 bits per heavy atom. The first-order valence-electron chi connectivity index (χ1n) is 9.15. The van der Waals surface area contributed by atoms with Gasteiger partial charge >= 0.3 is 5.69 Å². The smallest absolute Gasteiger partial charge is 0.274 e. The highest BCUT2D eigenvalue weighted by Crippen LogP contribution is 2.41. The molecular weight excluding hydrogens is 403 g/mol. The predicted octanol–water partition coefficient (Wildman–Crippen LogP) is 3.78. The number of hydrogen-bond donors (Lipinski definition) is 1. The lowest BCUT2D eigenvalue weighted by molar-refractivity contribution is 0.617. The van der Waals surface area contributed by atoms with Crippen LogP contribution in [0, 0.1) is 5.82 Å². The van der Waals surface area contributed by atoms with Gasteiger partial charge in [0.1, 0.15) is 22.1 Å². The van der Waals surface area contributed by atoms with E-state index in [0.717, 1.165) is 25.7 Å². The molecule has 1 N–H and O–H groups in total. The standard InChI is InChI=1S/C19H16ClFN4O2S/c20-12-2-1-3-13(21)11(12)8-28-18-14-16(22-15(23-18)9-4-5-9)25(10-6-7-10)19(27)24-17(14)26/h1-3,9-10H,4-8H2,(H,24,26,27). The molecule has 0 bridgehead atoms. The average molecular weight is 419 g/mol. The van der Waals surface area contributed by atoms with Crippen LogP contribution < -0.4 is 11.2 Å². The SMILES string of the molecule is O=c1[nH]c(=O)n(C2CC2)c2nc(C3CC3)nc(SCc3c(F)cccc3Cl)c12. The molecule has 9 heteroatoms. The summed E-state index contributed by atoms with van der Waals surface area (Å²) in [6.45, 7) is 0. The Labute approximate surface area is 168 Å².